The van der Waals surface area contributed by atoms with E-state index in [4.69, 9.17) is 19.2 Å². The molecule has 18 heteroatoms. The van der Waals surface area contributed by atoms with Crippen LogP contribution in [0.1, 0.15) is 43.6 Å². The van der Waals surface area contributed by atoms with Gasteiger partial charge in [-0.1, -0.05) is 30.3 Å². The number of imidazole rings is 1. The predicted molar refractivity (Wildman–Crippen MR) is 214 cm³/mol. The number of imide groups is 1. The smallest absolute Gasteiger partial charge is 0.407 e. The van der Waals surface area contributed by atoms with E-state index in [9.17, 15) is 23.6 Å². The number of alkyl halides is 1. The van der Waals surface area contributed by atoms with Crippen molar-refractivity contribution in [1.29, 1.82) is 0 Å². The molecule has 1 unspecified atom stereocenters. The van der Waals surface area contributed by atoms with Crippen LogP contribution in [-0.2, 0) is 30.3 Å². The van der Waals surface area contributed by atoms with Crippen molar-refractivity contribution in [2.75, 3.05) is 72.0 Å². The van der Waals surface area contributed by atoms with E-state index in [1.54, 1.807) is 24.3 Å². The number of likely N-dealkylation sites (tertiary alicyclic amines) is 1. The van der Waals surface area contributed by atoms with E-state index in [1.807, 2.05) is 34.9 Å². The maximum absolute atomic E-state index is 15.3. The summed E-state index contributed by atoms with van der Waals surface area (Å²) in [6, 6.07) is 10.8. The third-order valence-corrected chi connectivity index (χ3v) is 11.7. The van der Waals surface area contributed by atoms with Crippen LogP contribution in [0.4, 0.5) is 22.8 Å². The summed E-state index contributed by atoms with van der Waals surface area (Å²) >= 11 is 1.34. The first kappa shape index (κ1) is 43.9. The molecule has 3 aliphatic rings. The number of carbonyl (C=O) groups is 4. The molecule has 1 aromatic heterocycles. The van der Waals surface area contributed by atoms with Gasteiger partial charge >= 0.3 is 12.1 Å². The maximum Gasteiger partial charge on any atom is 0.407 e. The molecule has 0 aliphatic carbocycles. The monoisotopic (exact) mass is 843 g/mol. The lowest BCUT2D eigenvalue weighted by atomic mass is 9.89. The number of nitrogens with one attached hydrogen (secondary N) is 3. The Morgan fingerprint density at radius 3 is 2.59 bits per heavy atom. The van der Waals surface area contributed by atoms with Crippen LogP contribution in [0.2, 0.25) is 0 Å². The number of urea groups is 1. The van der Waals surface area contributed by atoms with Crippen molar-refractivity contribution in [3.63, 3.8) is 0 Å². The molecule has 320 valence electrons. The van der Waals surface area contributed by atoms with Crippen LogP contribution in [0.3, 0.4) is 0 Å². The molecule has 0 bridgehead atoms. The van der Waals surface area contributed by atoms with Crippen LogP contribution in [0.5, 0.6) is 0 Å². The van der Waals surface area contributed by atoms with Gasteiger partial charge in [-0.15, -0.1) is 0 Å². The molecule has 0 radical (unpaired) electrons. The number of benzene rings is 2. The van der Waals surface area contributed by atoms with Gasteiger partial charge in [0.25, 0.3) is 0 Å². The van der Waals surface area contributed by atoms with E-state index in [2.05, 4.69) is 16.0 Å². The number of nitrogens with zero attached hydrogens (tertiary/aromatic N) is 4. The third-order valence-electron chi connectivity index (χ3n) is 10.8. The molecule has 14 nitrogen and oxygen atoms in total. The normalized spacial score (nSPS) is 20.8. The molecule has 3 aliphatic heterocycles. The number of aromatic nitrogens is 2. The molecule has 2 aromatic carbocycles. The van der Waals surface area contributed by atoms with Crippen molar-refractivity contribution in [3.05, 3.63) is 77.8 Å². The zero-order valence-corrected chi connectivity index (χ0v) is 34.1. The summed E-state index contributed by atoms with van der Waals surface area (Å²) < 4.78 is 63.5. The molecule has 59 heavy (non-hydrogen) atoms. The molecule has 3 fully saturated rings. The van der Waals surface area contributed by atoms with E-state index in [0.717, 1.165) is 23.8 Å². The number of hydrogen-bond acceptors (Lipinski definition) is 10. The number of thioether (sulfide) groups is 1. The van der Waals surface area contributed by atoms with Crippen molar-refractivity contribution in [3.8, 4) is 11.3 Å². The Kier molecular flexibility index (Phi) is 15.7. The minimum Gasteiger partial charge on any atom is -0.447 e. The molecule has 3 saturated heterocycles. The fourth-order valence-corrected chi connectivity index (χ4v) is 8.27. The van der Waals surface area contributed by atoms with Crippen LogP contribution < -0.4 is 16.0 Å². The second kappa shape index (κ2) is 21.0. The Hall–Kier alpha value is -4.65. The molecule has 0 saturated carbocycles. The quantitative estimate of drug-likeness (QED) is 0.123. The Bertz CT molecular complexity index is 1900. The summed E-state index contributed by atoms with van der Waals surface area (Å²) in [6.07, 6.45) is 2.80. The molecule has 6 rings (SSSR count). The van der Waals surface area contributed by atoms with Crippen LogP contribution in [0.25, 0.3) is 11.3 Å². The Balaban J connectivity index is 1.16. The average molecular weight is 844 g/mol. The summed E-state index contributed by atoms with van der Waals surface area (Å²) in [4.78, 5) is 59.1. The number of halogens is 3. The van der Waals surface area contributed by atoms with E-state index in [1.165, 1.54) is 16.7 Å². The van der Waals surface area contributed by atoms with E-state index < -0.39 is 47.9 Å². The van der Waals surface area contributed by atoms with E-state index in [-0.39, 0.29) is 86.7 Å². The molecule has 5 atom stereocenters. The Morgan fingerprint density at radius 1 is 1.10 bits per heavy atom. The minimum absolute atomic E-state index is 0.0240. The summed E-state index contributed by atoms with van der Waals surface area (Å²) in [7, 11) is 0. The van der Waals surface area contributed by atoms with Gasteiger partial charge in [0.15, 0.2) is 0 Å². The number of amides is 5. The van der Waals surface area contributed by atoms with Crippen molar-refractivity contribution in [1.82, 2.24) is 35.3 Å². The number of hydrogen-bond donors (Lipinski definition) is 3. The highest BCUT2D eigenvalue weighted by atomic mass is 32.2. The zero-order valence-electron chi connectivity index (χ0n) is 33.2. The van der Waals surface area contributed by atoms with Gasteiger partial charge in [0.2, 0.25) is 11.8 Å². The summed E-state index contributed by atoms with van der Waals surface area (Å²) in [5, 5.41) is 8.23. The van der Waals surface area contributed by atoms with Crippen molar-refractivity contribution >= 4 is 35.7 Å². The fourth-order valence-electron chi connectivity index (χ4n) is 7.63. The summed E-state index contributed by atoms with van der Waals surface area (Å²) in [6.45, 7) is 3.65. The second-order valence-electron chi connectivity index (χ2n) is 15.0. The van der Waals surface area contributed by atoms with Gasteiger partial charge < -0.3 is 39.6 Å². The lowest BCUT2D eigenvalue weighted by Crippen LogP contribution is -2.52. The molecular weight excluding hydrogens is 792 g/mol. The van der Waals surface area contributed by atoms with Crippen molar-refractivity contribution in [2.45, 2.75) is 56.2 Å². The lowest BCUT2D eigenvalue weighted by Gasteiger charge is -2.40. The van der Waals surface area contributed by atoms with Gasteiger partial charge in [0.05, 0.1) is 42.8 Å². The standard InChI is InChI=1S/C41H52F3N7O7S/c1-26(25-58-41(55)46-12-16-57-17-13-50-36(52)19-35(59-2)39(50)53)47-40(54)51(23-29-20-45-21-33(29)44)37(28-10-14-56-15-11-28)38-48-34(31-18-30(42)8-9-32(31)43)24-49(38)22-27-6-4-3-5-7-27/h3-9,18,24,26,28-29,33,35,37,45H,10-17,19-23,25H2,1-2H3,(H,46,55)(H,47,54)/t26-,29-,33-,35?,37+/m0/s1. The minimum atomic E-state index is -1.21. The van der Waals surface area contributed by atoms with Gasteiger partial charge in [-0.3, -0.25) is 14.5 Å². The van der Waals surface area contributed by atoms with Gasteiger partial charge in [-0.05, 0) is 55.7 Å². The van der Waals surface area contributed by atoms with Crippen molar-refractivity contribution < 1.29 is 46.6 Å². The molecule has 4 heterocycles. The predicted octanol–water partition coefficient (Wildman–Crippen LogP) is 4.54. The van der Waals surface area contributed by atoms with Gasteiger partial charge in [-0.25, -0.2) is 27.7 Å². The summed E-state index contributed by atoms with van der Waals surface area (Å²) in [5.41, 5.74) is 1.08. The van der Waals surface area contributed by atoms with E-state index in [0.29, 0.717) is 45.0 Å². The number of rotatable bonds is 18. The highest BCUT2D eigenvalue weighted by molar-refractivity contribution is 8.00. The molecule has 5 amide bonds. The first-order chi connectivity index (χ1) is 28.5. The average Bonchev–Trinajstić information content (AvgIpc) is 3.92. The maximum atomic E-state index is 15.3. The number of carbonyl (C=O) groups excluding carboxylic acids is 4. The zero-order chi connectivity index (χ0) is 41.9. The Labute approximate surface area is 345 Å². The largest absolute Gasteiger partial charge is 0.447 e. The molecular formula is C41H52F3N7O7S. The van der Waals surface area contributed by atoms with Crippen LogP contribution in [0, 0.1) is 23.5 Å². The highest BCUT2D eigenvalue weighted by Crippen LogP contribution is 2.38. The van der Waals surface area contributed by atoms with Crippen LogP contribution in [-0.4, -0.2) is 133 Å². The second-order valence-corrected chi connectivity index (χ2v) is 16.0. The van der Waals surface area contributed by atoms with Crippen LogP contribution >= 0.6 is 11.8 Å². The first-order valence-corrected chi connectivity index (χ1v) is 21.2. The van der Waals surface area contributed by atoms with Gasteiger partial charge in [0.1, 0.15) is 30.2 Å². The van der Waals surface area contributed by atoms with E-state index >= 15 is 8.78 Å². The van der Waals surface area contributed by atoms with Gasteiger partial charge in [0, 0.05) is 70.0 Å². The SMILES string of the molecule is CSC1CC(=O)N(CCOCCNC(=O)OC[C@H](C)NC(=O)N(C[C@@H]2CNC[C@@H]2F)[C@@H](c2nc(-c3cc(F)ccc3F)cn2Cc2ccccc2)C2CCOCC2)C1=O. The first-order valence-electron chi connectivity index (χ1n) is 19.9. The van der Waals surface area contributed by atoms with Gasteiger partial charge in [-0.2, -0.15) is 11.8 Å². The molecule has 3 N–H and O–H groups in total. The fraction of sp³-hybridized carbons (Fsp3) is 0.537. The lowest BCUT2D eigenvalue weighted by molar-refractivity contribution is -0.139. The Morgan fingerprint density at radius 2 is 1.88 bits per heavy atom. The number of ether oxygens (including phenoxy) is 3. The van der Waals surface area contributed by atoms with Crippen LogP contribution in [0.15, 0.2) is 54.7 Å². The third kappa shape index (κ3) is 11.6. The topological polar surface area (TPSA) is 156 Å². The summed E-state index contributed by atoms with van der Waals surface area (Å²) in [5.74, 6) is -2.02. The molecule has 3 aromatic rings. The van der Waals surface area contributed by atoms with Crippen molar-refractivity contribution in [2.24, 2.45) is 11.8 Å². The number of alkyl carbamates (subject to hydrolysis) is 1. The highest BCUT2D eigenvalue weighted by Gasteiger charge is 2.41. The molecule has 0 spiro atoms.